The number of hydrogen-bond donors (Lipinski definition) is 2. The molecule has 2 aromatic rings. The Hall–Kier alpha value is -5.82. The molecule has 4 aliphatic heterocycles. The van der Waals surface area contributed by atoms with Crippen LogP contribution < -0.4 is 5.32 Å². The van der Waals surface area contributed by atoms with E-state index in [1.165, 1.54) is 75.5 Å². The van der Waals surface area contributed by atoms with E-state index >= 15 is 0 Å². The molecule has 5 aliphatic rings. The van der Waals surface area contributed by atoms with E-state index in [-0.39, 0.29) is 61.3 Å². The van der Waals surface area contributed by atoms with Crippen molar-refractivity contribution < 1.29 is 43.3 Å². The first kappa shape index (κ1) is 139. The van der Waals surface area contributed by atoms with E-state index in [2.05, 4.69) is 291 Å². The van der Waals surface area contributed by atoms with Crippen LogP contribution in [-0.2, 0) is 39.5 Å². The maximum Gasteiger partial charge on any atom is 0.410 e. The third-order valence-electron chi connectivity index (χ3n) is 29.1. The first-order valence-corrected chi connectivity index (χ1v) is 52.4. The molecule has 2 unspecified atom stereocenters. The number of piperidine rings is 3. The minimum atomic E-state index is -0.736. The highest BCUT2D eigenvalue weighted by Crippen LogP contribution is 2.45. The number of rotatable bonds is 10. The minimum absolute atomic E-state index is 0.122. The standard InChI is InChI=1S/2C14H27NO2.C12H22N2.C11H22O.C10H19N.C10H20.C10H14.C9H13N.C9H19N.C8H16O2.C7H14O.C6H12O/c1-13(2,3)11-7-9-15(10-8-11)12(16)17-14(4,5)6;1-13(2,3)11-9-7-8-10-15(11)12(16)17-14(4,5)6;1-11(2,3)12(4,5)7-6-10-13-8-9-14-10;1-9(12)7-8-11(5,6)10(2,3)4;1-9(2,3)10(4,5)7-6-8-11;2*1-10(2,3)9-7-5-4-6-8-9;1-9(2,3)8-5-4-6-10-7-8;1-9(2,3)8-6-4-5-7-10-8;1-7(2,3)8(4,5)6(9)10;1-5-6(8)7(2,3)4;1-5(7)6(2,3)4/h2*11H,7-10H2,1-6H3;8H,6-7,9H2,1-5H3;7-8H2,1-6H3;6-7H2,1-5H3;9H,4-8H2,1-3H3;4-8H,1-3H3;4-7H,1-3H3;8,10H,4-7H2,1-3H3;1-5H3,(H,9,10);5H2,1-4H3;1-4H3. The van der Waals surface area contributed by atoms with E-state index in [4.69, 9.17) is 19.8 Å². The van der Waals surface area contributed by atoms with Crippen LogP contribution >= 0.6 is 0 Å². The van der Waals surface area contributed by atoms with Crippen LogP contribution in [0.3, 0.4) is 0 Å². The fourth-order valence-corrected chi connectivity index (χ4v) is 13.7. The van der Waals surface area contributed by atoms with Crippen molar-refractivity contribution in [2.45, 2.75) is 529 Å². The third-order valence-corrected chi connectivity index (χ3v) is 29.1. The Morgan fingerprint density at radius 1 is 0.456 bits per heavy atom. The highest BCUT2D eigenvalue weighted by Gasteiger charge is 2.42. The van der Waals surface area contributed by atoms with Gasteiger partial charge in [-0.25, -0.2) is 14.6 Å². The van der Waals surface area contributed by atoms with Gasteiger partial charge in [-0.15, -0.1) is 0 Å². The summed E-state index contributed by atoms with van der Waals surface area (Å²) < 4.78 is 10.9. The molecule has 16 nitrogen and oxygen atoms in total. The molecule has 136 heavy (non-hydrogen) atoms. The number of nitrogens with zero attached hydrogens (tertiary/aromatic N) is 6. The Balaban J connectivity index is -0.000000463. The van der Waals surface area contributed by atoms with Crippen LogP contribution in [0.1, 0.15) is 507 Å². The van der Waals surface area contributed by atoms with Crippen LogP contribution in [-0.4, -0.2) is 123 Å². The van der Waals surface area contributed by atoms with E-state index in [0.29, 0.717) is 80.7 Å². The molecule has 0 radical (unpaired) electrons. The van der Waals surface area contributed by atoms with Crippen LogP contribution in [0.4, 0.5) is 9.59 Å². The Kier molecular flexibility index (Phi) is 60.5. The van der Waals surface area contributed by atoms with Crippen molar-refractivity contribution in [3.8, 4) is 6.07 Å². The SMILES string of the molecule is CC(=O)C(C)(C)C.CC(=O)CCC(C)(C)C(C)(C)C.CC(C)(C)C(C)(C)C(=O)O.CC(C)(C)C(C)(C)CCC#N.CC(C)(C)C(C)(C)CCC1=NCC=N1.CC(C)(C)C1CCCCC1.CC(C)(C)C1CCCCN1.CC(C)(C)OC(=O)N1CCC(C(C)(C)C)CC1.CC(C)(C)OC(=O)N1CCCCC1C(C)(C)C.CC(C)(C)c1ccccc1.CC(C)(C)c1cccnc1.CCC(=O)C(C)(C)C. The number of pyridine rings is 1. The van der Waals surface area contributed by atoms with E-state index in [9.17, 15) is 28.8 Å². The zero-order valence-corrected chi connectivity index (χ0v) is 99.7. The van der Waals surface area contributed by atoms with Crippen LogP contribution in [0.25, 0.3) is 0 Å². The number of aliphatic imine (C=N–C) groups is 2. The lowest BCUT2D eigenvalue weighted by atomic mass is 9.67. The van der Waals surface area contributed by atoms with Gasteiger partial charge < -0.3 is 34.5 Å². The van der Waals surface area contributed by atoms with Crippen LogP contribution in [0.2, 0.25) is 0 Å². The highest BCUT2D eigenvalue weighted by molar-refractivity contribution is 5.94. The lowest BCUT2D eigenvalue weighted by molar-refractivity contribution is -0.153. The van der Waals surface area contributed by atoms with Crippen LogP contribution in [0, 0.1) is 99.0 Å². The molecule has 0 bridgehead atoms. The first-order chi connectivity index (χ1) is 60.5. The van der Waals surface area contributed by atoms with E-state index in [1.54, 1.807) is 33.9 Å². The molecule has 2 N–H and O–H groups in total. The number of aliphatic carboxylic acids is 1. The molecule has 2 amide bonds. The zero-order chi connectivity index (χ0) is 108. The quantitative estimate of drug-likeness (QED) is 0.227. The van der Waals surface area contributed by atoms with Gasteiger partial charge >= 0.3 is 18.2 Å². The Morgan fingerprint density at radius 3 is 1.15 bits per heavy atom. The molecular formula is C120H225N7O9. The smallest absolute Gasteiger partial charge is 0.410 e. The molecular weight excluding hydrogens is 1680 g/mol. The van der Waals surface area contributed by atoms with Gasteiger partial charge in [0.2, 0.25) is 0 Å². The molecule has 16 heteroatoms. The van der Waals surface area contributed by atoms with Gasteiger partial charge in [0.05, 0.1) is 18.0 Å². The summed E-state index contributed by atoms with van der Waals surface area (Å²) in [4.78, 5) is 83.2. The average molecular weight is 1910 g/mol. The molecule has 4 fully saturated rings. The summed E-state index contributed by atoms with van der Waals surface area (Å²) in [5, 5.41) is 20.8. The number of amidine groups is 1. The number of nitrogens with one attached hydrogen (secondary N) is 1. The molecule has 0 spiro atoms. The second-order valence-corrected chi connectivity index (χ2v) is 56.2. The van der Waals surface area contributed by atoms with Crippen molar-refractivity contribution in [1.29, 1.82) is 5.26 Å². The monoisotopic (exact) mass is 1910 g/mol. The number of carboxylic acids is 1. The predicted octanol–water partition coefficient (Wildman–Crippen LogP) is 34.5. The number of ether oxygens (including phenoxy) is 2. The number of carbonyl (C=O) groups is 6. The maximum atomic E-state index is 12.2. The van der Waals surface area contributed by atoms with Gasteiger partial charge in [0, 0.05) is 86.8 Å². The molecule has 1 saturated carbocycles. The molecule has 3 saturated heterocycles. The Morgan fingerprint density at radius 2 is 0.868 bits per heavy atom. The normalized spacial score (nSPS) is 16.9. The Labute approximate surface area is 843 Å². The number of ketones is 3. The number of carboxylic acid groups (broad SMARTS) is 1. The van der Waals surface area contributed by atoms with Crippen molar-refractivity contribution in [2.75, 3.05) is 32.7 Å². The summed E-state index contributed by atoms with van der Waals surface area (Å²) in [5.41, 5.74) is 4.59. The molecule has 1 aromatic heterocycles. The average Bonchev–Trinajstić information content (AvgIpc) is 0.938. The van der Waals surface area contributed by atoms with Crippen LogP contribution in [0.15, 0.2) is 64.8 Å². The third kappa shape index (κ3) is 63.2. The fraction of sp³-hybridized carbons (Fsp3) is 0.833. The lowest BCUT2D eigenvalue weighted by Crippen LogP contribution is -2.51. The number of Topliss-reactive ketones (excluding diaryl/α,β-unsaturated/α-hetero) is 3. The van der Waals surface area contributed by atoms with Crippen molar-refractivity contribution in [2.24, 2.45) is 97.6 Å². The van der Waals surface area contributed by atoms with Gasteiger partial charge in [-0.05, 0) is 252 Å². The van der Waals surface area contributed by atoms with Crippen molar-refractivity contribution in [3.63, 3.8) is 0 Å². The van der Waals surface area contributed by atoms with Gasteiger partial charge in [-0.2, -0.15) is 5.26 Å². The topological polar surface area (TPSA) is 221 Å². The minimum Gasteiger partial charge on any atom is -0.481 e. The highest BCUT2D eigenvalue weighted by atomic mass is 16.6. The summed E-state index contributed by atoms with van der Waals surface area (Å²) in [6.45, 7) is 117. The fourth-order valence-electron chi connectivity index (χ4n) is 13.7. The maximum absolute atomic E-state index is 12.2. The second-order valence-electron chi connectivity index (χ2n) is 56.2. The summed E-state index contributed by atoms with van der Waals surface area (Å²) >= 11 is 0. The van der Waals surface area contributed by atoms with E-state index < -0.39 is 22.6 Å². The van der Waals surface area contributed by atoms with E-state index in [1.807, 2.05) is 139 Å². The van der Waals surface area contributed by atoms with E-state index in [0.717, 1.165) is 95.3 Å². The molecule has 794 valence electrons. The molecule has 5 heterocycles. The lowest BCUT2D eigenvalue weighted by Gasteiger charge is -2.43. The number of aromatic nitrogens is 1. The number of nitriles is 1. The summed E-state index contributed by atoms with van der Waals surface area (Å²) in [6, 6.07) is 17.9. The first-order valence-electron chi connectivity index (χ1n) is 52.4. The van der Waals surface area contributed by atoms with Gasteiger partial charge in [-0.3, -0.25) is 24.4 Å². The molecule has 1 aliphatic carbocycles. The summed E-state index contributed by atoms with van der Waals surface area (Å²) in [6.07, 6.45) is 28.6. The van der Waals surface area contributed by atoms with Crippen LogP contribution in [0.5, 0.6) is 0 Å². The number of hydrogen-bond acceptors (Lipinski definition) is 13. The molecule has 7 rings (SSSR count). The van der Waals surface area contributed by atoms with Crippen molar-refractivity contribution in [1.82, 2.24) is 20.1 Å². The number of benzene rings is 1. The van der Waals surface area contributed by atoms with Gasteiger partial charge in [-0.1, -0.05) is 360 Å². The second kappa shape index (κ2) is 59.3. The molecule has 2 atom stereocenters. The van der Waals surface area contributed by atoms with Gasteiger partial charge in [0.25, 0.3) is 0 Å². The number of carbonyl (C=O) groups excluding carboxylic acids is 5. The van der Waals surface area contributed by atoms with Gasteiger partial charge in [0.15, 0.2) is 0 Å². The predicted molar refractivity (Wildman–Crippen MR) is 589 cm³/mol. The molecule has 1 aromatic carbocycles. The van der Waals surface area contributed by atoms with Gasteiger partial charge in [0.1, 0.15) is 34.4 Å². The number of likely N-dealkylation sites (tertiary alicyclic amines) is 2. The Bertz CT molecular complexity index is 3660. The summed E-state index contributed by atoms with van der Waals surface area (Å²) in [7, 11) is 0. The zero-order valence-electron chi connectivity index (χ0n) is 99.7. The largest absolute Gasteiger partial charge is 0.481 e. The van der Waals surface area contributed by atoms with Crippen molar-refractivity contribution >= 4 is 47.6 Å². The summed E-state index contributed by atoms with van der Waals surface area (Å²) in [5.74, 6) is 2.88. The van der Waals surface area contributed by atoms with Crippen molar-refractivity contribution in [3.05, 3.63) is 66.0 Å². The number of amides is 2.